The molecule has 0 bridgehead atoms. The third-order valence-electron chi connectivity index (χ3n) is 3.82. The van der Waals surface area contributed by atoms with Gasteiger partial charge in [0.25, 0.3) is 5.91 Å². The van der Waals surface area contributed by atoms with Crippen LogP contribution in [0.25, 0.3) is 0 Å². The van der Waals surface area contributed by atoms with Gasteiger partial charge in [-0.3, -0.25) is 9.59 Å². The highest BCUT2D eigenvalue weighted by atomic mass is 35.5. The van der Waals surface area contributed by atoms with Crippen LogP contribution in [0, 0.1) is 0 Å². The summed E-state index contributed by atoms with van der Waals surface area (Å²) in [5.41, 5.74) is -0.913. The molecule has 0 aliphatic heterocycles. The summed E-state index contributed by atoms with van der Waals surface area (Å²) in [7, 11) is 0. The highest BCUT2D eigenvalue weighted by Gasteiger charge is 2.35. The molecular formula is C19H17ClF3NO3. The normalized spacial score (nSPS) is 12.3. The Morgan fingerprint density at radius 2 is 1.78 bits per heavy atom. The second-order valence-corrected chi connectivity index (χ2v) is 6.09. The molecular weight excluding hydrogens is 383 g/mol. The van der Waals surface area contributed by atoms with Crippen LogP contribution >= 0.6 is 11.6 Å². The zero-order valence-corrected chi connectivity index (χ0v) is 15.1. The molecule has 1 unspecified atom stereocenters. The second kappa shape index (κ2) is 8.90. The number of para-hydroxylation sites is 1. The quantitative estimate of drug-likeness (QED) is 0.693. The van der Waals surface area contributed by atoms with Crippen molar-refractivity contribution in [2.45, 2.75) is 25.4 Å². The number of esters is 1. The number of hydrogen-bond donors (Lipinski definition) is 1. The fourth-order valence-corrected chi connectivity index (χ4v) is 2.75. The number of benzene rings is 2. The molecule has 1 amide bonds. The Balaban J connectivity index is 2.04. The molecule has 0 radical (unpaired) electrons. The smallest absolute Gasteiger partial charge is 0.418 e. The number of rotatable bonds is 6. The van der Waals surface area contributed by atoms with Crippen molar-refractivity contribution in [1.29, 1.82) is 0 Å². The first kappa shape index (κ1) is 20.8. The minimum Gasteiger partial charge on any atom is -0.455 e. The van der Waals surface area contributed by atoms with Gasteiger partial charge in [0.15, 0.2) is 6.61 Å². The average Bonchev–Trinajstić information content (AvgIpc) is 2.62. The summed E-state index contributed by atoms with van der Waals surface area (Å²) < 4.78 is 44.1. The maximum Gasteiger partial charge on any atom is 0.418 e. The third-order valence-corrected chi connectivity index (χ3v) is 4.14. The molecule has 1 N–H and O–H groups in total. The van der Waals surface area contributed by atoms with Gasteiger partial charge in [-0.2, -0.15) is 13.2 Å². The molecule has 0 spiro atoms. The molecule has 0 aromatic heterocycles. The predicted octanol–water partition coefficient (Wildman–Crippen LogP) is 5.03. The fourth-order valence-electron chi connectivity index (χ4n) is 2.52. The maximum absolute atomic E-state index is 13.0. The van der Waals surface area contributed by atoms with Crippen molar-refractivity contribution < 1.29 is 27.5 Å². The van der Waals surface area contributed by atoms with Crippen LogP contribution in [0.15, 0.2) is 48.5 Å². The Labute approximate surface area is 159 Å². The zero-order valence-electron chi connectivity index (χ0n) is 14.3. The number of anilines is 1. The topological polar surface area (TPSA) is 55.4 Å². The number of hydrogen-bond acceptors (Lipinski definition) is 3. The van der Waals surface area contributed by atoms with Crippen LogP contribution in [0.4, 0.5) is 18.9 Å². The SMILES string of the molecule is CCC(C(=O)OCC(=O)Nc1c(Cl)cccc1C(F)(F)F)c1ccccc1. The van der Waals surface area contributed by atoms with Gasteiger partial charge in [-0.05, 0) is 24.1 Å². The summed E-state index contributed by atoms with van der Waals surface area (Å²) in [5, 5.41) is 1.81. The zero-order chi connectivity index (χ0) is 20.0. The van der Waals surface area contributed by atoms with E-state index in [0.29, 0.717) is 6.42 Å². The molecule has 2 aromatic rings. The van der Waals surface area contributed by atoms with Gasteiger partial charge >= 0.3 is 12.1 Å². The van der Waals surface area contributed by atoms with E-state index >= 15 is 0 Å². The van der Waals surface area contributed by atoms with Gasteiger partial charge in [-0.15, -0.1) is 0 Å². The van der Waals surface area contributed by atoms with Crippen LogP contribution in [-0.2, 0) is 20.5 Å². The van der Waals surface area contributed by atoms with Gasteiger partial charge < -0.3 is 10.1 Å². The largest absolute Gasteiger partial charge is 0.455 e. The Hall–Kier alpha value is -2.54. The van der Waals surface area contributed by atoms with E-state index in [1.807, 2.05) is 0 Å². The summed E-state index contributed by atoms with van der Waals surface area (Å²) in [5.74, 6) is -2.11. The van der Waals surface area contributed by atoms with Crippen molar-refractivity contribution in [3.05, 3.63) is 64.7 Å². The van der Waals surface area contributed by atoms with Gasteiger partial charge in [0.2, 0.25) is 0 Å². The van der Waals surface area contributed by atoms with Crippen LogP contribution in [0.3, 0.4) is 0 Å². The molecule has 27 heavy (non-hydrogen) atoms. The Kier molecular flexibility index (Phi) is 6.85. The number of carbonyl (C=O) groups excluding carboxylic acids is 2. The minimum atomic E-state index is -4.69. The van der Waals surface area contributed by atoms with Crippen LogP contribution < -0.4 is 5.32 Å². The van der Waals surface area contributed by atoms with E-state index in [1.54, 1.807) is 37.3 Å². The Morgan fingerprint density at radius 3 is 2.37 bits per heavy atom. The molecule has 0 saturated carbocycles. The number of nitrogens with one attached hydrogen (secondary N) is 1. The lowest BCUT2D eigenvalue weighted by molar-refractivity contribution is -0.149. The van der Waals surface area contributed by atoms with Gasteiger partial charge in [0.1, 0.15) is 0 Å². The standard InChI is InChI=1S/C19H17ClF3NO3/c1-2-13(12-7-4-3-5-8-12)18(26)27-11-16(25)24-17-14(19(21,22)23)9-6-10-15(17)20/h3-10,13H,2,11H2,1H3,(H,24,25). The third kappa shape index (κ3) is 5.47. The Morgan fingerprint density at radius 1 is 1.11 bits per heavy atom. The molecule has 0 heterocycles. The van der Waals surface area contributed by atoms with E-state index in [0.717, 1.165) is 17.7 Å². The lowest BCUT2D eigenvalue weighted by Crippen LogP contribution is -2.25. The number of halogens is 4. The predicted molar refractivity (Wildman–Crippen MR) is 95.5 cm³/mol. The molecule has 0 aliphatic rings. The summed E-state index contributed by atoms with van der Waals surface area (Å²) in [6.45, 7) is 1.07. The van der Waals surface area contributed by atoms with E-state index in [-0.39, 0.29) is 5.02 Å². The monoisotopic (exact) mass is 399 g/mol. The van der Waals surface area contributed by atoms with E-state index in [4.69, 9.17) is 16.3 Å². The fraction of sp³-hybridized carbons (Fsp3) is 0.263. The van der Waals surface area contributed by atoms with Crippen LogP contribution in [0.1, 0.15) is 30.4 Å². The maximum atomic E-state index is 13.0. The summed E-state index contributed by atoms with van der Waals surface area (Å²) in [6.07, 6.45) is -4.24. The Bertz CT molecular complexity index is 810. The van der Waals surface area contributed by atoms with Crippen molar-refractivity contribution >= 4 is 29.2 Å². The average molecular weight is 400 g/mol. The molecule has 1 atom stereocenters. The second-order valence-electron chi connectivity index (χ2n) is 5.69. The first-order chi connectivity index (χ1) is 12.7. The van der Waals surface area contributed by atoms with Crippen molar-refractivity contribution in [3.63, 3.8) is 0 Å². The van der Waals surface area contributed by atoms with Crippen molar-refractivity contribution in [2.24, 2.45) is 0 Å². The van der Waals surface area contributed by atoms with E-state index < -0.39 is 41.8 Å². The highest BCUT2D eigenvalue weighted by Crippen LogP contribution is 2.38. The van der Waals surface area contributed by atoms with Gasteiger partial charge in [0, 0.05) is 0 Å². The molecule has 8 heteroatoms. The summed E-state index contributed by atoms with van der Waals surface area (Å²) >= 11 is 5.77. The summed E-state index contributed by atoms with van der Waals surface area (Å²) in [4.78, 5) is 24.2. The lowest BCUT2D eigenvalue weighted by Gasteiger charge is -2.16. The van der Waals surface area contributed by atoms with E-state index in [9.17, 15) is 22.8 Å². The number of ether oxygens (including phenoxy) is 1. The first-order valence-corrected chi connectivity index (χ1v) is 8.49. The van der Waals surface area contributed by atoms with Crippen LogP contribution in [0.5, 0.6) is 0 Å². The van der Waals surface area contributed by atoms with Gasteiger partial charge in [0.05, 0.1) is 22.2 Å². The molecule has 0 aliphatic carbocycles. The van der Waals surface area contributed by atoms with E-state index in [2.05, 4.69) is 5.32 Å². The van der Waals surface area contributed by atoms with Gasteiger partial charge in [-0.25, -0.2) is 0 Å². The molecule has 144 valence electrons. The van der Waals surface area contributed by atoms with Crippen molar-refractivity contribution in [1.82, 2.24) is 0 Å². The number of alkyl halides is 3. The molecule has 0 fully saturated rings. The minimum absolute atomic E-state index is 0.264. The number of amides is 1. The van der Waals surface area contributed by atoms with Crippen LogP contribution in [-0.4, -0.2) is 18.5 Å². The molecule has 2 rings (SSSR count). The molecule has 2 aromatic carbocycles. The van der Waals surface area contributed by atoms with Crippen molar-refractivity contribution in [3.8, 4) is 0 Å². The van der Waals surface area contributed by atoms with Gasteiger partial charge in [-0.1, -0.05) is 54.9 Å². The lowest BCUT2D eigenvalue weighted by atomic mass is 9.97. The van der Waals surface area contributed by atoms with Crippen molar-refractivity contribution in [2.75, 3.05) is 11.9 Å². The first-order valence-electron chi connectivity index (χ1n) is 8.11. The van der Waals surface area contributed by atoms with E-state index in [1.165, 1.54) is 6.07 Å². The molecule has 0 saturated heterocycles. The number of carbonyl (C=O) groups is 2. The van der Waals surface area contributed by atoms with Crippen LogP contribution in [0.2, 0.25) is 5.02 Å². The highest BCUT2D eigenvalue weighted by molar-refractivity contribution is 6.34. The molecule has 4 nitrogen and oxygen atoms in total. The summed E-state index contributed by atoms with van der Waals surface area (Å²) in [6, 6.07) is 12.0.